The summed E-state index contributed by atoms with van der Waals surface area (Å²) in [7, 11) is 0. The molecule has 1 heterocycles. The zero-order valence-corrected chi connectivity index (χ0v) is 6.01. The van der Waals surface area contributed by atoms with Gasteiger partial charge in [0.25, 0.3) is 0 Å². The van der Waals surface area contributed by atoms with Crippen LogP contribution in [0.3, 0.4) is 0 Å². The van der Waals surface area contributed by atoms with Gasteiger partial charge in [-0.05, 0) is 25.8 Å². The van der Waals surface area contributed by atoms with E-state index in [-0.39, 0.29) is 12.1 Å². The van der Waals surface area contributed by atoms with Gasteiger partial charge in [-0.3, -0.25) is 4.79 Å². The van der Waals surface area contributed by atoms with E-state index in [9.17, 15) is 4.79 Å². The highest BCUT2D eigenvalue weighted by Crippen LogP contribution is 2.15. The fourth-order valence-corrected chi connectivity index (χ4v) is 1.17. The van der Waals surface area contributed by atoms with Crippen molar-refractivity contribution in [3.63, 3.8) is 0 Å². The highest BCUT2D eigenvalue weighted by Gasteiger charge is 2.18. The molecule has 1 saturated heterocycles. The molecule has 0 aliphatic carbocycles. The third-order valence-corrected chi connectivity index (χ3v) is 1.69. The van der Waals surface area contributed by atoms with Crippen molar-refractivity contribution in [2.24, 2.45) is 5.73 Å². The monoisotopic (exact) mass is 143 g/mol. The maximum absolute atomic E-state index is 10.7. The van der Waals surface area contributed by atoms with Gasteiger partial charge in [-0.15, -0.1) is 0 Å². The van der Waals surface area contributed by atoms with Crippen LogP contribution in [0.15, 0.2) is 0 Å². The molecule has 1 rings (SSSR count). The highest BCUT2D eigenvalue weighted by atomic mass is 16.5. The molecule has 0 spiro atoms. The molecule has 0 aromatic carbocycles. The van der Waals surface area contributed by atoms with Gasteiger partial charge in [-0.25, -0.2) is 0 Å². The van der Waals surface area contributed by atoms with E-state index < -0.39 is 0 Å². The standard InChI is InChI=1S/C7H13NO2/c8-5-4-6-2-1-3-7(9)10-6/h6H,1-5,8H2. The Kier molecular flexibility index (Phi) is 2.68. The predicted molar refractivity (Wildman–Crippen MR) is 37.4 cm³/mol. The van der Waals surface area contributed by atoms with E-state index >= 15 is 0 Å². The number of carbonyl (C=O) groups is 1. The van der Waals surface area contributed by atoms with E-state index in [2.05, 4.69) is 0 Å². The zero-order chi connectivity index (χ0) is 7.40. The molecule has 0 radical (unpaired) electrons. The molecular weight excluding hydrogens is 130 g/mol. The third kappa shape index (κ3) is 1.99. The Labute approximate surface area is 60.5 Å². The minimum absolute atomic E-state index is 0.0651. The molecule has 0 aromatic rings. The first-order valence-corrected chi connectivity index (χ1v) is 3.72. The molecule has 0 amide bonds. The number of carbonyl (C=O) groups excluding carboxylic acids is 1. The summed E-state index contributed by atoms with van der Waals surface area (Å²) in [6.45, 7) is 0.609. The van der Waals surface area contributed by atoms with E-state index in [0.29, 0.717) is 13.0 Å². The first kappa shape index (κ1) is 7.54. The SMILES string of the molecule is NCCC1CCCC(=O)O1. The Balaban J connectivity index is 2.25. The molecule has 1 fully saturated rings. The fraction of sp³-hybridized carbons (Fsp3) is 0.857. The van der Waals surface area contributed by atoms with E-state index in [0.717, 1.165) is 19.3 Å². The average Bonchev–Trinajstić information content (AvgIpc) is 1.88. The Morgan fingerprint density at radius 1 is 1.70 bits per heavy atom. The lowest BCUT2D eigenvalue weighted by atomic mass is 10.1. The highest BCUT2D eigenvalue weighted by molar-refractivity contribution is 5.70. The third-order valence-electron chi connectivity index (χ3n) is 1.69. The normalized spacial score (nSPS) is 26.1. The fourth-order valence-electron chi connectivity index (χ4n) is 1.17. The first-order chi connectivity index (χ1) is 4.83. The van der Waals surface area contributed by atoms with Crippen LogP contribution < -0.4 is 5.73 Å². The summed E-state index contributed by atoms with van der Waals surface area (Å²) in [5.74, 6) is -0.0651. The van der Waals surface area contributed by atoms with Gasteiger partial charge < -0.3 is 10.5 Å². The van der Waals surface area contributed by atoms with Crippen LogP contribution in [0.2, 0.25) is 0 Å². The van der Waals surface area contributed by atoms with Crippen LogP contribution in [-0.4, -0.2) is 18.6 Å². The van der Waals surface area contributed by atoms with Crippen LogP contribution in [0.4, 0.5) is 0 Å². The number of esters is 1. The van der Waals surface area contributed by atoms with Crippen LogP contribution >= 0.6 is 0 Å². The molecule has 10 heavy (non-hydrogen) atoms. The molecule has 1 aliphatic rings. The van der Waals surface area contributed by atoms with Crippen molar-refractivity contribution < 1.29 is 9.53 Å². The summed E-state index contributed by atoms with van der Waals surface area (Å²) in [5.41, 5.74) is 5.31. The smallest absolute Gasteiger partial charge is 0.306 e. The summed E-state index contributed by atoms with van der Waals surface area (Å²) >= 11 is 0. The van der Waals surface area contributed by atoms with E-state index in [1.807, 2.05) is 0 Å². The molecule has 1 unspecified atom stereocenters. The molecule has 0 saturated carbocycles. The summed E-state index contributed by atoms with van der Waals surface area (Å²) in [6.07, 6.45) is 3.45. The van der Waals surface area contributed by atoms with Gasteiger partial charge in [0, 0.05) is 6.42 Å². The molecule has 0 aromatic heterocycles. The molecule has 1 atom stereocenters. The van der Waals surface area contributed by atoms with Gasteiger partial charge in [-0.2, -0.15) is 0 Å². The van der Waals surface area contributed by atoms with Crippen molar-refractivity contribution in [1.29, 1.82) is 0 Å². The van der Waals surface area contributed by atoms with Crippen LogP contribution in [0.25, 0.3) is 0 Å². The molecular formula is C7H13NO2. The maximum atomic E-state index is 10.7. The molecule has 1 aliphatic heterocycles. The predicted octanol–water partition coefficient (Wildman–Crippen LogP) is 0.431. The van der Waals surface area contributed by atoms with Gasteiger partial charge in [0.05, 0.1) is 0 Å². The van der Waals surface area contributed by atoms with E-state index in [1.165, 1.54) is 0 Å². The van der Waals surface area contributed by atoms with Crippen LogP contribution in [-0.2, 0) is 9.53 Å². The zero-order valence-electron chi connectivity index (χ0n) is 6.01. The first-order valence-electron chi connectivity index (χ1n) is 3.72. The van der Waals surface area contributed by atoms with Crippen molar-refractivity contribution >= 4 is 5.97 Å². The molecule has 2 N–H and O–H groups in total. The second kappa shape index (κ2) is 3.56. The van der Waals surface area contributed by atoms with Crippen molar-refractivity contribution in [3.8, 4) is 0 Å². The van der Waals surface area contributed by atoms with Gasteiger partial charge >= 0.3 is 5.97 Å². The number of rotatable bonds is 2. The van der Waals surface area contributed by atoms with Crippen LogP contribution in [0.1, 0.15) is 25.7 Å². The van der Waals surface area contributed by atoms with E-state index in [4.69, 9.17) is 10.5 Å². The molecule has 0 bridgehead atoms. The van der Waals surface area contributed by atoms with Gasteiger partial charge in [0.1, 0.15) is 6.10 Å². The number of cyclic esters (lactones) is 1. The lowest BCUT2D eigenvalue weighted by molar-refractivity contribution is -0.153. The lowest BCUT2D eigenvalue weighted by Crippen LogP contribution is -2.25. The van der Waals surface area contributed by atoms with Crippen LogP contribution in [0, 0.1) is 0 Å². The maximum Gasteiger partial charge on any atom is 0.306 e. The van der Waals surface area contributed by atoms with Gasteiger partial charge in [0.2, 0.25) is 0 Å². The van der Waals surface area contributed by atoms with Crippen molar-refractivity contribution in [2.75, 3.05) is 6.54 Å². The minimum Gasteiger partial charge on any atom is -0.462 e. The second-order valence-electron chi connectivity index (χ2n) is 2.58. The Hall–Kier alpha value is -0.570. The van der Waals surface area contributed by atoms with Crippen molar-refractivity contribution in [3.05, 3.63) is 0 Å². The lowest BCUT2D eigenvalue weighted by Gasteiger charge is -2.21. The van der Waals surface area contributed by atoms with Gasteiger partial charge in [-0.1, -0.05) is 0 Å². The van der Waals surface area contributed by atoms with E-state index in [1.54, 1.807) is 0 Å². The topological polar surface area (TPSA) is 52.3 Å². The largest absolute Gasteiger partial charge is 0.462 e. The molecule has 58 valence electrons. The van der Waals surface area contributed by atoms with Crippen LogP contribution in [0.5, 0.6) is 0 Å². The number of hydrogen-bond donors (Lipinski definition) is 1. The summed E-state index contributed by atoms with van der Waals surface area (Å²) in [4.78, 5) is 10.7. The number of ether oxygens (including phenoxy) is 1. The Bertz CT molecular complexity index is 123. The quantitative estimate of drug-likeness (QED) is 0.570. The Morgan fingerprint density at radius 3 is 3.10 bits per heavy atom. The Morgan fingerprint density at radius 2 is 2.50 bits per heavy atom. The van der Waals surface area contributed by atoms with Crippen molar-refractivity contribution in [2.45, 2.75) is 31.8 Å². The summed E-state index contributed by atoms with van der Waals surface area (Å²) in [6, 6.07) is 0. The summed E-state index contributed by atoms with van der Waals surface area (Å²) in [5, 5.41) is 0. The van der Waals surface area contributed by atoms with Crippen molar-refractivity contribution in [1.82, 2.24) is 0 Å². The molecule has 3 nitrogen and oxygen atoms in total. The van der Waals surface area contributed by atoms with Gasteiger partial charge in [0.15, 0.2) is 0 Å². The number of nitrogens with two attached hydrogens (primary N) is 1. The summed E-state index contributed by atoms with van der Waals surface area (Å²) < 4.78 is 5.01. The number of hydrogen-bond acceptors (Lipinski definition) is 3. The molecule has 3 heteroatoms. The minimum atomic E-state index is -0.0651. The average molecular weight is 143 g/mol. The second-order valence-corrected chi connectivity index (χ2v) is 2.58.